The third-order valence-electron chi connectivity index (χ3n) is 2.39. The molecule has 21 heavy (non-hydrogen) atoms. The van der Waals surface area contributed by atoms with Crippen molar-refractivity contribution in [1.82, 2.24) is 0 Å². The predicted molar refractivity (Wildman–Crippen MR) is 55.9 cm³/mol. The Morgan fingerprint density at radius 1 is 1.14 bits per heavy atom. The molecule has 116 valence electrons. The Labute approximate surface area is 115 Å². The summed E-state index contributed by atoms with van der Waals surface area (Å²) in [6, 6.07) is 5.59. The topological polar surface area (TPSA) is 66.4 Å². The molecule has 0 fully saturated rings. The minimum Gasteiger partial charge on any atom is -0.539 e. The molecule has 1 unspecified atom stereocenters. The van der Waals surface area contributed by atoms with Gasteiger partial charge < -0.3 is 14.6 Å². The summed E-state index contributed by atoms with van der Waals surface area (Å²) in [5.41, 5.74) is -0.713. The van der Waals surface area contributed by atoms with Gasteiger partial charge in [-0.05, 0) is 0 Å². The number of carbonyl (C=O) groups excluding carboxylic acids is 2. The second kappa shape index (κ2) is 6.06. The van der Waals surface area contributed by atoms with Crippen LogP contribution in [0.4, 0.5) is 22.0 Å². The van der Waals surface area contributed by atoms with E-state index in [9.17, 15) is 36.6 Å². The van der Waals surface area contributed by atoms with E-state index in [1.807, 2.05) is 0 Å². The van der Waals surface area contributed by atoms with Gasteiger partial charge in [0.05, 0.1) is 6.42 Å². The standard InChI is InChI=1S/C12H9F5O4/c13-8(12(16,17)21-10(20)9(18)19)6-11(14,15)7-4-2-1-3-5-7/h1-5,8H,6H2,(H,18,19)/p-1. The number of carboxylic acid groups (broad SMARTS) is 1. The van der Waals surface area contributed by atoms with Gasteiger partial charge in [0.2, 0.25) is 6.17 Å². The number of hydrogen-bond donors (Lipinski definition) is 0. The molecule has 0 saturated carbocycles. The van der Waals surface area contributed by atoms with E-state index in [1.165, 1.54) is 18.2 Å². The highest BCUT2D eigenvalue weighted by atomic mass is 19.3. The molecule has 9 heteroatoms. The van der Waals surface area contributed by atoms with Crippen LogP contribution >= 0.6 is 0 Å². The highest BCUT2D eigenvalue weighted by molar-refractivity contribution is 6.27. The maximum absolute atomic E-state index is 13.6. The number of rotatable bonds is 5. The number of benzene rings is 1. The second-order valence-corrected chi connectivity index (χ2v) is 3.98. The number of esters is 1. The molecule has 0 aliphatic rings. The van der Waals surface area contributed by atoms with E-state index in [-0.39, 0.29) is 0 Å². The molecule has 0 saturated heterocycles. The van der Waals surface area contributed by atoms with Crippen LogP contribution in [0.5, 0.6) is 0 Å². The summed E-state index contributed by atoms with van der Waals surface area (Å²) in [6.45, 7) is 0. The Kier molecular flexibility index (Phi) is 4.87. The molecule has 0 amide bonds. The summed E-state index contributed by atoms with van der Waals surface area (Å²) in [5.74, 6) is -9.15. The van der Waals surface area contributed by atoms with Crippen LogP contribution in [0.25, 0.3) is 0 Å². The van der Waals surface area contributed by atoms with Gasteiger partial charge in [0.15, 0.2) is 5.97 Å². The first kappa shape index (κ1) is 16.9. The molecule has 0 N–H and O–H groups in total. The fraction of sp³-hybridized carbons (Fsp3) is 0.333. The molecule has 4 nitrogen and oxygen atoms in total. The second-order valence-electron chi connectivity index (χ2n) is 3.98. The van der Waals surface area contributed by atoms with Gasteiger partial charge in [-0.3, -0.25) is 0 Å². The highest BCUT2D eigenvalue weighted by Crippen LogP contribution is 2.38. The van der Waals surface area contributed by atoms with E-state index < -0.39 is 42.1 Å². The molecule has 1 aromatic carbocycles. The van der Waals surface area contributed by atoms with Crippen LogP contribution in [-0.2, 0) is 20.2 Å². The van der Waals surface area contributed by atoms with Crippen molar-refractivity contribution in [2.45, 2.75) is 24.6 Å². The quantitative estimate of drug-likeness (QED) is 0.468. The van der Waals surface area contributed by atoms with Crippen molar-refractivity contribution in [2.75, 3.05) is 0 Å². The van der Waals surface area contributed by atoms with Gasteiger partial charge >= 0.3 is 12.1 Å². The summed E-state index contributed by atoms with van der Waals surface area (Å²) in [4.78, 5) is 20.3. The van der Waals surface area contributed by atoms with Crippen molar-refractivity contribution >= 4 is 11.9 Å². The van der Waals surface area contributed by atoms with Crippen LogP contribution in [-0.4, -0.2) is 24.2 Å². The average Bonchev–Trinajstić information content (AvgIpc) is 2.38. The smallest absolute Gasteiger partial charge is 0.432 e. The molecule has 1 atom stereocenters. The Balaban J connectivity index is 2.81. The van der Waals surface area contributed by atoms with Crippen molar-refractivity contribution in [1.29, 1.82) is 0 Å². The Hall–Kier alpha value is -2.19. The molecule has 0 spiro atoms. The normalized spacial score (nSPS) is 13.6. The van der Waals surface area contributed by atoms with Crippen LogP contribution < -0.4 is 5.11 Å². The van der Waals surface area contributed by atoms with Crippen molar-refractivity contribution in [2.24, 2.45) is 0 Å². The summed E-state index contributed by atoms with van der Waals surface area (Å²) in [5, 5.41) is 9.92. The zero-order valence-corrected chi connectivity index (χ0v) is 10.2. The Morgan fingerprint density at radius 2 is 1.67 bits per heavy atom. The summed E-state index contributed by atoms with van der Waals surface area (Å²) < 4.78 is 69.5. The van der Waals surface area contributed by atoms with Gasteiger partial charge in [-0.25, -0.2) is 18.0 Å². The number of carboxylic acids is 1. The van der Waals surface area contributed by atoms with E-state index >= 15 is 0 Å². The lowest BCUT2D eigenvalue weighted by molar-refractivity contribution is -0.316. The van der Waals surface area contributed by atoms with E-state index in [0.29, 0.717) is 0 Å². The number of aliphatic carboxylic acids is 1. The minimum atomic E-state index is -5.02. The largest absolute Gasteiger partial charge is 0.539 e. The molecule has 0 radical (unpaired) electrons. The van der Waals surface area contributed by atoms with Gasteiger partial charge in [-0.2, -0.15) is 8.78 Å². The lowest BCUT2D eigenvalue weighted by Gasteiger charge is -2.24. The van der Waals surface area contributed by atoms with Crippen molar-refractivity contribution < 1.29 is 41.4 Å². The number of carbonyl (C=O) groups is 2. The Bertz CT molecular complexity index is 518. The number of hydrogen-bond acceptors (Lipinski definition) is 4. The third kappa shape index (κ3) is 4.40. The average molecular weight is 311 g/mol. The first-order valence-corrected chi connectivity index (χ1v) is 5.46. The van der Waals surface area contributed by atoms with Crippen LogP contribution in [0, 0.1) is 0 Å². The van der Waals surface area contributed by atoms with Gasteiger partial charge in [-0.15, -0.1) is 0 Å². The number of alkyl halides is 5. The maximum atomic E-state index is 13.6. The van der Waals surface area contributed by atoms with E-state index in [1.54, 1.807) is 0 Å². The molecule has 0 aliphatic heterocycles. The molecule has 1 rings (SSSR count). The summed E-state index contributed by atoms with van der Waals surface area (Å²) in [7, 11) is 0. The van der Waals surface area contributed by atoms with Crippen LogP contribution in [0.3, 0.4) is 0 Å². The fourth-order valence-corrected chi connectivity index (χ4v) is 1.37. The van der Waals surface area contributed by atoms with Crippen LogP contribution in [0.2, 0.25) is 0 Å². The zero-order valence-electron chi connectivity index (χ0n) is 10.2. The van der Waals surface area contributed by atoms with Crippen molar-refractivity contribution in [3.05, 3.63) is 35.9 Å². The van der Waals surface area contributed by atoms with Gasteiger partial charge in [0.1, 0.15) is 0 Å². The zero-order chi connectivity index (χ0) is 16.3. The first-order valence-electron chi connectivity index (χ1n) is 5.46. The number of halogens is 5. The maximum Gasteiger partial charge on any atom is 0.432 e. The Morgan fingerprint density at radius 3 is 2.14 bits per heavy atom. The molecule has 0 heterocycles. The summed E-state index contributed by atoms with van der Waals surface area (Å²) >= 11 is 0. The van der Waals surface area contributed by atoms with Crippen LogP contribution in [0.15, 0.2) is 30.3 Å². The van der Waals surface area contributed by atoms with Gasteiger partial charge in [-0.1, -0.05) is 30.3 Å². The van der Waals surface area contributed by atoms with E-state index in [2.05, 4.69) is 4.74 Å². The van der Waals surface area contributed by atoms with E-state index in [4.69, 9.17) is 0 Å². The van der Waals surface area contributed by atoms with Gasteiger partial charge in [0.25, 0.3) is 5.92 Å². The fourth-order valence-electron chi connectivity index (χ4n) is 1.37. The molecule has 1 aromatic rings. The SMILES string of the molecule is O=C([O-])C(=O)OC(F)(F)C(F)CC(F)(F)c1ccccc1. The summed E-state index contributed by atoms with van der Waals surface area (Å²) in [6.07, 6.45) is -10.6. The van der Waals surface area contributed by atoms with Crippen molar-refractivity contribution in [3.63, 3.8) is 0 Å². The highest BCUT2D eigenvalue weighted by Gasteiger charge is 2.50. The molecule has 0 aliphatic carbocycles. The number of ether oxygens (including phenoxy) is 1. The monoisotopic (exact) mass is 311 g/mol. The molecular formula is C12H8F5O4-. The minimum absolute atomic E-state index is 0.713. The van der Waals surface area contributed by atoms with E-state index in [0.717, 1.165) is 12.1 Å². The van der Waals surface area contributed by atoms with Crippen LogP contribution in [0.1, 0.15) is 12.0 Å². The predicted octanol–water partition coefficient (Wildman–Crippen LogP) is 1.39. The van der Waals surface area contributed by atoms with Gasteiger partial charge in [0, 0.05) is 5.56 Å². The third-order valence-corrected chi connectivity index (χ3v) is 2.39. The molecular weight excluding hydrogens is 303 g/mol. The molecule has 0 aromatic heterocycles. The lowest BCUT2D eigenvalue weighted by atomic mass is 10.0. The van der Waals surface area contributed by atoms with Crippen molar-refractivity contribution in [3.8, 4) is 0 Å². The lowest BCUT2D eigenvalue weighted by Crippen LogP contribution is -2.43. The first-order chi connectivity index (χ1) is 9.56. The molecule has 0 bridgehead atoms.